The molecule has 4 heteroatoms. The summed E-state index contributed by atoms with van der Waals surface area (Å²) in [6.07, 6.45) is 9.35. The summed E-state index contributed by atoms with van der Waals surface area (Å²) in [4.78, 5) is 10.5. The Morgan fingerprint density at radius 1 is 1.40 bits per heavy atom. The van der Waals surface area contributed by atoms with Gasteiger partial charge in [0.25, 0.3) is 6.47 Å². The maximum absolute atomic E-state index is 10.5. The zero-order chi connectivity index (χ0) is 10.5. The van der Waals surface area contributed by atoms with Gasteiger partial charge in [0.05, 0.1) is 0 Å². The summed E-state index contributed by atoms with van der Waals surface area (Å²) in [6, 6.07) is 1.85. The Morgan fingerprint density at radius 3 is 2.80 bits per heavy atom. The number of ether oxygens (including phenoxy) is 1. The van der Waals surface area contributed by atoms with E-state index >= 15 is 0 Å². The van der Waals surface area contributed by atoms with E-state index in [4.69, 9.17) is 4.74 Å². The molecule has 82 valence electrons. The molecule has 15 heavy (non-hydrogen) atoms. The fourth-order valence-corrected chi connectivity index (χ4v) is 2.30. The van der Waals surface area contributed by atoms with Gasteiger partial charge >= 0.3 is 0 Å². The van der Waals surface area contributed by atoms with Crippen molar-refractivity contribution >= 4 is 6.47 Å². The highest BCUT2D eigenvalue weighted by Gasteiger charge is 2.26. The van der Waals surface area contributed by atoms with Gasteiger partial charge in [-0.3, -0.25) is 4.79 Å². The van der Waals surface area contributed by atoms with Gasteiger partial charge in [-0.05, 0) is 18.9 Å². The van der Waals surface area contributed by atoms with Crippen LogP contribution in [0.3, 0.4) is 0 Å². The summed E-state index contributed by atoms with van der Waals surface area (Å²) in [5, 5.41) is 4.14. The lowest BCUT2D eigenvalue weighted by molar-refractivity contribution is -0.144. The largest absolute Gasteiger partial charge is 0.442 e. The number of aromatic nitrogens is 2. The van der Waals surface area contributed by atoms with Crippen molar-refractivity contribution in [3.8, 4) is 0 Å². The molecule has 0 spiro atoms. The lowest BCUT2D eigenvalue weighted by Gasteiger charge is -2.28. The van der Waals surface area contributed by atoms with Crippen molar-refractivity contribution in [1.82, 2.24) is 9.78 Å². The molecule has 0 aliphatic heterocycles. The molecular weight excluding hydrogens is 192 g/mol. The van der Waals surface area contributed by atoms with Crippen LogP contribution < -0.4 is 0 Å². The minimum Gasteiger partial charge on any atom is -0.442 e. The molecular formula is C11H16N2O2. The Bertz CT molecular complexity index is 292. The van der Waals surface area contributed by atoms with Gasteiger partial charge in [0.1, 0.15) is 0 Å². The second-order valence-corrected chi connectivity index (χ2v) is 4.01. The quantitative estimate of drug-likeness (QED) is 0.712. The van der Waals surface area contributed by atoms with Gasteiger partial charge in [0, 0.05) is 18.3 Å². The molecule has 1 aromatic rings. The van der Waals surface area contributed by atoms with Gasteiger partial charge in [-0.15, -0.1) is 0 Å². The average Bonchev–Trinajstić information content (AvgIpc) is 2.80. The number of carbonyl (C=O) groups excluding carboxylic acids is 1. The molecule has 2 rings (SSSR count). The topological polar surface area (TPSA) is 44.1 Å². The normalized spacial score (nSPS) is 19.7. The number of carbonyl (C=O) groups is 1. The van der Waals surface area contributed by atoms with Crippen molar-refractivity contribution in [2.45, 2.75) is 38.3 Å². The predicted molar refractivity (Wildman–Crippen MR) is 55.0 cm³/mol. The summed E-state index contributed by atoms with van der Waals surface area (Å²) in [7, 11) is 0. The minimum absolute atomic E-state index is 0.210. The number of hydrogen-bond acceptors (Lipinski definition) is 3. The van der Waals surface area contributed by atoms with Gasteiger partial charge in [-0.1, -0.05) is 19.3 Å². The van der Waals surface area contributed by atoms with E-state index in [0.29, 0.717) is 12.4 Å². The molecule has 4 nitrogen and oxygen atoms in total. The molecule has 0 amide bonds. The molecule has 1 unspecified atom stereocenters. The van der Waals surface area contributed by atoms with Gasteiger partial charge in [0.15, 0.2) is 6.23 Å². The van der Waals surface area contributed by atoms with Gasteiger partial charge in [0.2, 0.25) is 0 Å². The first-order chi connectivity index (χ1) is 7.42. The van der Waals surface area contributed by atoms with Crippen LogP contribution in [-0.2, 0) is 9.53 Å². The number of rotatable bonds is 4. The summed E-state index contributed by atoms with van der Waals surface area (Å²) < 4.78 is 6.89. The fourth-order valence-electron chi connectivity index (χ4n) is 2.30. The van der Waals surface area contributed by atoms with E-state index in [-0.39, 0.29) is 6.23 Å². The smallest absolute Gasteiger partial charge is 0.295 e. The van der Waals surface area contributed by atoms with Crippen molar-refractivity contribution < 1.29 is 9.53 Å². The van der Waals surface area contributed by atoms with Crippen LogP contribution in [0.15, 0.2) is 18.5 Å². The molecule has 1 aliphatic carbocycles. The third kappa shape index (κ3) is 2.37. The first-order valence-corrected chi connectivity index (χ1v) is 5.50. The van der Waals surface area contributed by atoms with Crippen molar-refractivity contribution in [2.24, 2.45) is 5.92 Å². The van der Waals surface area contributed by atoms with Crippen molar-refractivity contribution in [1.29, 1.82) is 0 Å². The third-order valence-corrected chi connectivity index (χ3v) is 3.03. The number of nitrogens with zero attached hydrogens (tertiary/aromatic N) is 2. The molecule has 0 N–H and O–H groups in total. The van der Waals surface area contributed by atoms with Crippen molar-refractivity contribution in [3.63, 3.8) is 0 Å². The zero-order valence-corrected chi connectivity index (χ0v) is 8.71. The van der Waals surface area contributed by atoms with Gasteiger partial charge in [-0.25, -0.2) is 4.68 Å². The Morgan fingerprint density at radius 2 is 2.20 bits per heavy atom. The Hall–Kier alpha value is -1.32. The molecule has 1 fully saturated rings. The van der Waals surface area contributed by atoms with Gasteiger partial charge < -0.3 is 4.74 Å². The van der Waals surface area contributed by atoms with Crippen LogP contribution >= 0.6 is 0 Å². The lowest BCUT2D eigenvalue weighted by atomic mass is 9.88. The maximum atomic E-state index is 10.5. The third-order valence-electron chi connectivity index (χ3n) is 3.03. The van der Waals surface area contributed by atoms with E-state index in [1.807, 2.05) is 12.3 Å². The van der Waals surface area contributed by atoms with Crippen LogP contribution in [0.4, 0.5) is 0 Å². The van der Waals surface area contributed by atoms with Crippen molar-refractivity contribution in [2.75, 3.05) is 0 Å². The first-order valence-electron chi connectivity index (χ1n) is 5.50. The molecule has 0 bridgehead atoms. The van der Waals surface area contributed by atoms with Crippen LogP contribution in [0.2, 0.25) is 0 Å². The highest BCUT2D eigenvalue weighted by molar-refractivity contribution is 5.37. The average molecular weight is 208 g/mol. The van der Waals surface area contributed by atoms with E-state index < -0.39 is 0 Å². The van der Waals surface area contributed by atoms with Crippen LogP contribution in [0, 0.1) is 5.92 Å². The molecule has 1 heterocycles. The first kappa shape index (κ1) is 10.2. The van der Waals surface area contributed by atoms with E-state index in [9.17, 15) is 4.79 Å². The minimum atomic E-state index is -0.210. The SMILES string of the molecule is O=COC(C1CCCCC1)n1cccn1. The second kappa shape index (κ2) is 4.96. The fraction of sp³-hybridized carbons (Fsp3) is 0.636. The number of hydrogen-bond donors (Lipinski definition) is 0. The molecule has 1 aliphatic rings. The second-order valence-electron chi connectivity index (χ2n) is 4.01. The van der Waals surface area contributed by atoms with E-state index in [1.165, 1.54) is 19.3 Å². The molecule has 0 saturated heterocycles. The Balaban J connectivity index is 2.07. The molecule has 1 aromatic heterocycles. The highest BCUT2D eigenvalue weighted by Crippen LogP contribution is 2.32. The van der Waals surface area contributed by atoms with Crippen molar-refractivity contribution in [3.05, 3.63) is 18.5 Å². The zero-order valence-electron chi connectivity index (χ0n) is 8.71. The Kier molecular flexibility index (Phi) is 3.37. The molecule has 0 radical (unpaired) electrons. The van der Waals surface area contributed by atoms with E-state index in [1.54, 1.807) is 10.9 Å². The van der Waals surface area contributed by atoms with E-state index in [0.717, 1.165) is 12.8 Å². The summed E-state index contributed by atoms with van der Waals surface area (Å²) in [5.74, 6) is 0.420. The monoisotopic (exact) mass is 208 g/mol. The summed E-state index contributed by atoms with van der Waals surface area (Å²) in [5.41, 5.74) is 0. The van der Waals surface area contributed by atoms with Gasteiger partial charge in [-0.2, -0.15) is 5.10 Å². The standard InChI is InChI=1S/C11H16N2O2/c14-9-15-11(13-8-4-7-12-13)10-5-2-1-3-6-10/h4,7-11H,1-3,5-6H2. The Labute approximate surface area is 89.2 Å². The van der Waals surface area contributed by atoms with Crippen LogP contribution in [0.1, 0.15) is 38.3 Å². The lowest BCUT2D eigenvalue weighted by Crippen LogP contribution is -2.24. The predicted octanol–water partition coefficient (Wildman–Crippen LogP) is 2.13. The summed E-state index contributed by atoms with van der Waals surface area (Å²) in [6.45, 7) is 0.529. The van der Waals surface area contributed by atoms with Crippen LogP contribution in [0.5, 0.6) is 0 Å². The molecule has 1 atom stereocenters. The highest BCUT2D eigenvalue weighted by atomic mass is 16.5. The molecule has 0 aromatic carbocycles. The van der Waals surface area contributed by atoms with Crippen LogP contribution in [0.25, 0.3) is 0 Å². The summed E-state index contributed by atoms with van der Waals surface area (Å²) >= 11 is 0. The van der Waals surface area contributed by atoms with E-state index in [2.05, 4.69) is 5.10 Å². The maximum Gasteiger partial charge on any atom is 0.295 e. The van der Waals surface area contributed by atoms with Crippen LogP contribution in [-0.4, -0.2) is 16.3 Å². The molecule has 1 saturated carbocycles.